The number of carboxylic acid groups (broad SMARTS) is 1. The summed E-state index contributed by atoms with van der Waals surface area (Å²) in [4.78, 5) is 19.2. The zero-order valence-electron chi connectivity index (χ0n) is 13.9. The quantitative estimate of drug-likeness (QED) is 0.664. The lowest BCUT2D eigenvalue weighted by molar-refractivity contribution is 0.0690. The highest BCUT2D eigenvalue weighted by molar-refractivity contribution is 5.85. The summed E-state index contributed by atoms with van der Waals surface area (Å²) in [6.45, 7) is 0. The molecule has 0 saturated heterocycles. The number of hydrogen-bond donors (Lipinski definition) is 2. The minimum Gasteiger partial charge on any atom is -0.477 e. The number of nitrogens with zero attached hydrogens (tertiary/aromatic N) is 2. The molecule has 1 unspecified atom stereocenters. The van der Waals surface area contributed by atoms with E-state index in [2.05, 4.69) is 27.4 Å². The Morgan fingerprint density at radius 3 is 2.92 bits per heavy atom. The van der Waals surface area contributed by atoms with Crippen LogP contribution in [0.4, 0.5) is 6.01 Å². The van der Waals surface area contributed by atoms with Crippen LogP contribution in [-0.2, 0) is 0 Å². The second-order valence-electron chi connectivity index (χ2n) is 6.06. The third-order valence-corrected chi connectivity index (χ3v) is 4.14. The molecule has 0 amide bonds. The number of aromatic carboxylic acids is 1. The summed E-state index contributed by atoms with van der Waals surface area (Å²) in [5, 5.41) is 12.3. The van der Waals surface area contributed by atoms with Crippen molar-refractivity contribution in [2.24, 2.45) is 0 Å². The number of oxazole rings is 1. The molecule has 0 fully saturated rings. The minimum atomic E-state index is -1.10. The van der Waals surface area contributed by atoms with Gasteiger partial charge in [-0.25, -0.2) is 9.78 Å². The smallest absolute Gasteiger partial charge is 0.354 e. The van der Waals surface area contributed by atoms with Gasteiger partial charge in [0.1, 0.15) is 17.0 Å². The van der Waals surface area contributed by atoms with Crippen molar-refractivity contribution in [1.82, 2.24) is 9.97 Å². The van der Waals surface area contributed by atoms with Gasteiger partial charge in [0.2, 0.25) is 0 Å². The fraction of sp³-hybridized carbons (Fsp3) is 0.211. The standard InChI is InChI=1S/C19H17N3O4/c23-18(24)16-10-14(8-9-20-16)25-13-6-7-15-17(11-13)26-19(22-15)21-12-4-2-1-3-5-12/h1-2,6-12H,3-5H2,(H,21,22)(H,23,24). The maximum atomic E-state index is 11.0. The molecule has 132 valence electrons. The first-order chi connectivity index (χ1) is 12.7. The number of pyridine rings is 1. The van der Waals surface area contributed by atoms with E-state index in [1.54, 1.807) is 24.3 Å². The van der Waals surface area contributed by atoms with E-state index in [1.165, 1.54) is 12.3 Å². The largest absolute Gasteiger partial charge is 0.477 e. The molecule has 0 aliphatic heterocycles. The lowest BCUT2D eigenvalue weighted by Gasteiger charge is -2.17. The Kier molecular flexibility index (Phi) is 4.27. The summed E-state index contributed by atoms with van der Waals surface area (Å²) in [5.74, 6) is -0.179. The number of benzene rings is 1. The zero-order valence-corrected chi connectivity index (χ0v) is 13.9. The number of nitrogens with one attached hydrogen (secondary N) is 1. The van der Waals surface area contributed by atoms with Gasteiger partial charge in [0.15, 0.2) is 11.3 Å². The minimum absolute atomic E-state index is 0.0729. The number of allylic oxidation sites excluding steroid dienone is 1. The molecule has 26 heavy (non-hydrogen) atoms. The SMILES string of the molecule is O=C(O)c1cc(Oc2ccc3nc(NC4CC=CCC4)oc3c2)ccn1. The van der Waals surface area contributed by atoms with Crippen LogP contribution in [0.2, 0.25) is 0 Å². The van der Waals surface area contributed by atoms with Crippen molar-refractivity contribution in [2.45, 2.75) is 25.3 Å². The molecule has 1 aliphatic carbocycles. The highest BCUT2D eigenvalue weighted by atomic mass is 16.5. The molecule has 2 heterocycles. The van der Waals surface area contributed by atoms with Gasteiger partial charge in [-0.05, 0) is 37.5 Å². The van der Waals surface area contributed by atoms with Crippen LogP contribution in [0.15, 0.2) is 53.1 Å². The van der Waals surface area contributed by atoms with E-state index in [0.717, 1.165) is 24.8 Å². The van der Waals surface area contributed by atoms with Gasteiger partial charge in [0.25, 0.3) is 6.01 Å². The first-order valence-electron chi connectivity index (χ1n) is 8.37. The first kappa shape index (κ1) is 16.1. The normalized spacial score (nSPS) is 16.5. The molecule has 2 aromatic heterocycles. The molecule has 7 heteroatoms. The number of hydrogen-bond acceptors (Lipinski definition) is 6. The number of anilines is 1. The molecule has 7 nitrogen and oxygen atoms in total. The van der Waals surface area contributed by atoms with Crippen molar-refractivity contribution in [3.63, 3.8) is 0 Å². The van der Waals surface area contributed by atoms with Gasteiger partial charge in [0.05, 0.1) is 0 Å². The van der Waals surface area contributed by atoms with Gasteiger partial charge in [-0.15, -0.1) is 0 Å². The van der Waals surface area contributed by atoms with E-state index in [4.69, 9.17) is 14.3 Å². The maximum absolute atomic E-state index is 11.0. The number of carboxylic acids is 1. The van der Waals surface area contributed by atoms with Crippen LogP contribution in [-0.4, -0.2) is 27.1 Å². The fourth-order valence-electron chi connectivity index (χ4n) is 2.86. The van der Waals surface area contributed by atoms with Crippen molar-refractivity contribution in [2.75, 3.05) is 5.32 Å². The molecule has 2 N–H and O–H groups in total. The Balaban J connectivity index is 1.52. The van der Waals surface area contributed by atoms with Gasteiger partial charge < -0.3 is 19.6 Å². The third kappa shape index (κ3) is 3.51. The van der Waals surface area contributed by atoms with Gasteiger partial charge in [-0.3, -0.25) is 0 Å². The maximum Gasteiger partial charge on any atom is 0.354 e. The third-order valence-electron chi connectivity index (χ3n) is 4.14. The van der Waals surface area contributed by atoms with Crippen LogP contribution in [0, 0.1) is 0 Å². The summed E-state index contributed by atoms with van der Waals surface area (Å²) in [7, 11) is 0. The average molecular weight is 351 g/mol. The van der Waals surface area contributed by atoms with Crippen LogP contribution >= 0.6 is 0 Å². The molecule has 4 rings (SSSR count). The predicted molar refractivity (Wildman–Crippen MR) is 95.7 cm³/mol. The Morgan fingerprint density at radius 2 is 2.12 bits per heavy atom. The van der Waals surface area contributed by atoms with E-state index in [1.807, 2.05) is 0 Å². The van der Waals surface area contributed by atoms with Gasteiger partial charge in [-0.1, -0.05) is 12.2 Å². The molecule has 3 aromatic rings. The van der Waals surface area contributed by atoms with E-state index < -0.39 is 5.97 Å². The monoisotopic (exact) mass is 351 g/mol. The highest BCUT2D eigenvalue weighted by Crippen LogP contribution is 2.28. The zero-order chi connectivity index (χ0) is 17.9. The second-order valence-corrected chi connectivity index (χ2v) is 6.06. The summed E-state index contributed by atoms with van der Waals surface area (Å²) in [6, 6.07) is 9.09. The van der Waals surface area contributed by atoms with Crippen molar-refractivity contribution in [3.8, 4) is 11.5 Å². The van der Waals surface area contributed by atoms with Crippen molar-refractivity contribution >= 4 is 23.1 Å². The summed E-state index contributed by atoms with van der Waals surface area (Å²) >= 11 is 0. The molecule has 0 spiro atoms. The molecule has 1 aromatic carbocycles. The van der Waals surface area contributed by atoms with Crippen molar-refractivity contribution < 1.29 is 19.1 Å². The Bertz CT molecular complexity index is 980. The molecule has 0 bridgehead atoms. The molecule has 1 aliphatic rings. The molecular weight excluding hydrogens is 334 g/mol. The van der Waals surface area contributed by atoms with E-state index in [9.17, 15) is 4.79 Å². The Labute approximate surface area is 149 Å². The van der Waals surface area contributed by atoms with Crippen molar-refractivity contribution in [1.29, 1.82) is 0 Å². The predicted octanol–water partition coefficient (Wildman–Crippen LogP) is 4.23. The number of ether oxygens (including phenoxy) is 1. The number of carbonyl (C=O) groups is 1. The first-order valence-corrected chi connectivity index (χ1v) is 8.37. The Morgan fingerprint density at radius 1 is 1.23 bits per heavy atom. The average Bonchev–Trinajstić information content (AvgIpc) is 3.04. The summed E-state index contributed by atoms with van der Waals surface area (Å²) in [5.41, 5.74) is 1.26. The van der Waals surface area contributed by atoms with Crippen LogP contribution < -0.4 is 10.1 Å². The second kappa shape index (κ2) is 6.87. The Hall–Kier alpha value is -3.35. The van der Waals surface area contributed by atoms with E-state index in [-0.39, 0.29) is 5.69 Å². The number of fused-ring (bicyclic) bond motifs is 1. The fourth-order valence-corrected chi connectivity index (χ4v) is 2.86. The summed E-state index contributed by atoms with van der Waals surface area (Å²) < 4.78 is 11.5. The lowest BCUT2D eigenvalue weighted by atomic mass is 10.0. The van der Waals surface area contributed by atoms with Crippen molar-refractivity contribution in [3.05, 3.63) is 54.4 Å². The van der Waals surface area contributed by atoms with Gasteiger partial charge in [-0.2, -0.15) is 4.98 Å². The highest BCUT2D eigenvalue weighted by Gasteiger charge is 2.14. The summed E-state index contributed by atoms with van der Waals surface area (Å²) in [6.07, 6.45) is 8.81. The molecule has 0 saturated carbocycles. The lowest BCUT2D eigenvalue weighted by Crippen LogP contribution is -2.20. The van der Waals surface area contributed by atoms with E-state index >= 15 is 0 Å². The topological polar surface area (TPSA) is 97.5 Å². The van der Waals surface area contributed by atoms with Crippen LogP contribution in [0.1, 0.15) is 29.8 Å². The molecule has 1 atom stereocenters. The van der Waals surface area contributed by atoms with Crippen LogP contribution in [0.25, 0.3) is 11.1 Å². The number of rotatable bonds is 5. The molecule has 0 radical (unpaired) electrons. The van der Waals surface area contributed by atoms with Gasteiger partial charge >= 0.3 is 5.97 Å². The van der Waals surface area contributed by atoms with Crippen LogP contribution in [0.5, 0.6) is 11.5 Å². The van der Waals surface area contributed by atoms with Gasteiger partial charge in [0, 0.05) is 24.4 Å². The van der Waals surface area contributed by atoms with E-state index in [0.29, 0.717) is 29.1 Å². The number of aromatic nitrogens is 2. The van der Waals surface area contributed by atoms with Crippen LogP contribution in [0.3, 0.4) is 0 Å². The molecular formula is C19H17N3O4.